The number of terminal acetylenes is 1. The molecule has 1 aromatic rings. The van der Waals surface area contributed by atoms with E-state index in [0.717, 1.165) is 30.8 Å². The van der Waals surface area contributed by atoms with Crippen molar-refractivity contribution >= 4 is 0 Å². The molecule has 0 aliphatic carbocycles. The van der Waals surface area contributed by atoms with Crippen LogP contribution in [-0.2, 0) is 6.54 Å². The Morgan fingerprint density at radius 1 is 1.71 bits per heavy atom. The second-order valence-electron chi connectivity index (χ2n) is 3.38. The summed E-state index contributed by atoms with van der Waals surface area (Å²) in [5.74, 6) is 2.60. The van der Waals surface area contributed by atoms with Gasteiger partial charge in [0.2, 0.25) is 0 Å². The summed E-state index contributed by atoms with van der Waals surface area (Å²) in [6.45, 7) is 4.89. The van der Waals surface area contributed by atoms with Crippen LogP contribution in [0.2, 0.25) is 0 Å². The Hall–Kier alpha value is -1.27. The molecule has 0 spiro atoms. The lowest BCUT2D eigenvalue weighted by Crippen LogP contribution is -2.15. The molecule has 1 rings (SSSR count). The predicted molar refractivity (Wildman–Crippen MR) is 57.6 cm³/mol. The molecule has 3 heteroatoms. The summed E-state index contributed by atoms with van der Waals surface area (Å²) in [5, 5.41) is 4.34. The summed E-state index contributed by atoms with van der Waals surface area (Å²) in [6, 6.07) is 2.04. The highest BCUT2D eigenvalue weighted by molar-refractivity contribution is 5.13. The van der Waals surface area contributed by atoms with E-state index in [1.807, 2.05) is 17.7 Å². The van der Waals surface area contributed by atoms with E-state index in [1.165, 1.54) is 0 Å². The molecule has 0 saturated carbocycles. The van der Waals surface area contributed by atoms with Crippen LogP contribution < -0.4 is 5.73 Å². The number of hydrogen-bond donors (Lipinski definition) is 1. The van der Waals surface area contributed by atoms with Gasteiger partial charge in [0.15, 0.2) is 0 Å². The van der Waals surface area contributed by atoms with Crippen LogP contribution in [-0.4, -0.2) is 9.78 Å². The first-order valence-electron chi connectivity index (χ1n) is 4.92. The summed E-state index contributed by atoms with van der Waals surface area (Å²) < 4.78 is 1.94. The lowest BCUT2D eigenvalue weighted by atomic mass is 10.1. The summed E-state index contributed by atoms with van der Waals surface area (Å²) >= 11 is 0. The van der Waals surface area contributed by atoms with Crippen molar-refractivity contribution in [1.82, 2.24) is 9.78 Å². The fourth-order valence-corrected chi connectivity index (χ4v) is 1.50. The minimum Gasteiger partial charge on any atom is -0.323 e. The number of rotatable bonds is 4. The van der Waals surface area contributed by atoms with Gasteiger partial charge in [-0.3, -0.25) is 4.68 Å². The maximum absolute atomic E-state index is 6.01. The van der Waals surface area contributed by atoms with Gasteiger partial charge in [-0.1, -0.05) is 0 Å². The molecule has 1 unspecified atom stereocenters. The van der Waals surface area contributed by atoms with Crippen LogP contribution in [0.25, 0.3) is 0 Å². The van der Waals surface area contributed by atoms with E-state index in [1.54, 1.807) is 0 Å². The Labute approximate surface area is 85.3 Å². The number of aromatic nitrogens is 2. The molecule has 2 N–H and O–H groups in total. The molecule has 0 bridgehead atoms. The third-order valence-corrected chi connectivity index (χ3v) is 2.21. The molecule has 0 aliphatic heterocycles. The molecule has 14 heavy (non-hydrogen) atoms. The smallest absolute Gasteiger partial charge is 0.0597 e. The first kappa shape index (κ1) is 10.8. The fourth-order valence-electron chi connectivity index (χ4n) is 1.50. The SMILES string of the molecule is C#CCCC(N)c1cc(C)nn1CC. The molecule has 0 aromatic carbocycles. The zero-order chi connectivity index (χ0) is 10.6. The van der Waals surface area contributed by atoms with Crippen molar-refractivity contribution in [2.45, 2.75) is 39.3 Å². The second-order valence-corrected chi connectivity index (χ2v) is 3.38. The second kappa shape index (κ2) is 4.83. The molecule has 76 valence electrons. The standard InChI is InChI=1S/C11H17N3/c1-4-6-7-10(12)11-8-9(3)13-14(11)5-2/h1,8,10H,5-7,12H2,2-3H3. The van der Waals surface area contributed by atoms with Crippen LogP contribution in [0.4, 0.5) is 0 Å². The number of aryl methyl sites for hydroxylation is 2. The normalized spacial score (nSPS) is 12.4. The van der Waals surface area contributed by atoms with Crippen molar-refractivity contribution in [3.05, 3.63) is 17.5 Å². The molecule has 0 saturated heterocycles. The quantitative estimate of drug-likeness (QED) is 0.735. The Morgan fingerprint density at radius 2 is 2.43 bits per heavy atom. The first-order valence-corrected chi connectivity index (χ1v) is 4.92. The van der Waals surface area contributed by atoms with Crippen LogP contribution >= 0.6 is 0 Å². The lowest BCUT2D eigenvalue weighted by molar-refractivity contribution is 0.551. The van der Waals surface area contributed by atoms with Gasteiger partial charge in [0.25, 0.3) is 0 Å². The van der Waals surface area contributed by atoms with Gasteiger partial charge >= 0.3 is 0 Å². The zero-order valence-electron chi connectivity index (χ0n) is 8.83. The molecular formula is C11H17N3. The van der Waals surface area contributed by atoms with E-state index in [9.17, 15) is 0 Å². The summed E-state index contributed by atoms with van der Waals surface area (Å²) in [7, 11) is 0. The highest BCUT2D eigenvalue weighted by atomic mass is 15.3. The molecule has 0 fully saturated rings. The molecule has 0 amide bonds. The maximum Gasteiger partial charge on any atom is 0.0597 e. The molecular weight excluding hydrogens is 174 g/mol. The van der Waals surface area contributed by atoms with E-state index in [-0.39, 0.29) is 6.04 Å². The third-order valence-electron chi connectivity index (χ3n) is 2.21. The van der Waals surface area contributed by atoms with Crippen LogP contribution in [0.3, 0.4) is 0 Å². The van der Waals surface area contributed by atoms with Crippen LogP contribution in [0.5, 0.6) is 0 Å². The highest BCUT2D eigenvalue weighted by Gasteiger charge is 2.11. The van der Waals surface area contributed by atoms with E-state index in [2.05, 4.69) is 17.9 Å². The van der Waals surface area contributed by atoms with Gasteiger partial charge in [-0.15, -0.1) is 12.3 Å². The highest BCUT2D eigenvalue weighted by Crippen LogP contribution is 2.16. The van der Waals surface area contributed by atoms with Gasteiger partial charge in [-0.2, -0.15) is 5.10 Å². The molecule has 1 atom stereocenters. The average Bonchev–Trinajstić information content (AvgIpc) is 2.56. The van der Waals surface area contributed by atoms with Gasteiger partial charge in [-0.25, -0.2) is 0 Å². The van der Waals surface area contributed by atoms with E-state index >= 15 is 0 Å². The van der Waals surface area contributed by atoms with Crippen LogP contribution in [0, 0.1) is 19.3 Å². The summed E-state index contributed by atoms with van der Waals surface area (Å²) in [4.78, 5) is 0. The topological polar surface area (TPSA) is 43.8 Å². The van der Waals surface area contributed by atoms with Gasteiger partial charge in [0.1, 0.15) is 0 Å². The zero-order valence-corrected chi connectivity index (χ0v) is 8.83. The van der Waals surface area contributed by atoms with Crippen LogP contribution in [0.1, 0.15) is 37.2 Å². The lowest BCUT2D eigenvalue weighted by Gasteiger charge is -2.11. The summed E-state index contributed by atoms with van der Waals surface area (Å²) in [6.07, 6.45) is 6.74. The molecule has 1 aromatic heterocycles. The number of nitrogens with zero attached hydrogens (tertiary/aromatic N) is 2. The number of nitrogens with two attached hydrogens (primary N) is 1. The minimum atomic E-state index is 0.00667. The van der Waals surface area contributed by atoms with Crippen molar-refractivity contribution in [2.24, 2.45) is 5.73 Å². The van der Waals surface area contributed by atoms with E-state index < -0.39 is 0 Å². The number of hydrogen-bond acceptors (Lipinski definition) is 2. The Balaban J connectivity index is 2.78. The van der Waals surface area contributed by atoms with Gasteiger partial charge in [0.05, 0.1) is 11.4 Å². The first-order chi connectivity index (χ1) is 6.69. The van der Waals surface area contributed by atoms with Gasteiger partial charge in [0, 0.05) is 19.0 Å². The van der Waals surface area contributed by atoms with Crippen LogP contribution in [0.15, 0.2) is 6.07 Å². The summed E-state index contributed by atoms with van der Waals surface area (Å²) in [5.41, 5.74) is 8.11. The van der Waals surface area contributed by atoms with Crippen molar-refractivity contribution in [2.75, 3.05) is 0 Å². The van der Waals surface area contributed by atoms with Crippen molar-refractivity contribution in [1.29, 1.82) is 0 Å². The van der Waals surface area contributed by atoms with Crippen molar-refractivity contribution < 1.29 is 0 Å². The van der Waals surface area contributed by atoms with E-state index in [0.29, 0.717) is 0 Å². The minimum absolute atomic E-state index is 0.00667. The monoisotopic (exact) mass is 191 g/mol. The predicted octanol–water partition coefficient (Wildman–Crippen LogP) is 1.62. The Morgan fingerprint density at radius 3 is 3.00 bits per heavy atom. The van der Waals surface area contributed by atoms with Crippen molar-refractivity contribution in [3.8, 4) is 12.3 Å². The van der Waals surface area contributed by atoms with Crippen molar-refractivity contribution in [3.63, 3.8) is 0 Å². The molecule has 0 radical (unpaired) electrons. The fraction of sp³-hybridized carbons (Fsp3) is 0.545. The Kier molecular flexibility index (Phi) is 3.73. The maximum atomic E-state index is 6.01. The van der Waals surface area contributed by atoms with Gasteiger partial charge < -0.3 is 5.73 Å². The van der Waals surface area contributed by atoms with E-state index in [4.69, 9.17) is 12.2 Å². The molecule has 0 aliphatic rings. The molecule has 1 heterocycles. The Bertz CT molecular complexity index is 333. The largest absolute Gasteiger partial charge is 0.323 e. The third kappa shape index (κ3) is 2.36. The molecule has 3 nitrogen and oxygen atoms in total. The van der Waals surface area contributed by atoms with Gasteiger partial charge in [-0.05, 0) is 26.3 Å². The average molecular weight is 191 g/mol.